The maximum atomic E-state index is 12.9. The van der Waals surface area contributed by atoms with Gasteiger partial charge in [0.05, 0.1) is 12.2 Å². The number of aryl methyl sites for hydroxylation is 3. The number of aromatic amines is 1. The third kappa shape index (κ3) is 3.41. The first-order chi connectivity index (χ1) is 13.6. The summed E-state index contributed by atoms with van der Waals surface area (Å²) in [6.45, 7) is 3.82. The van der Waals surface area contributed by atoms with E-state index in [1.54, 1.807) is 38.1 Å². The highest BCUT2D eigenvalue weighted by atomic mass is 19.4. The molecule has 0 amide bonds. The Kier molecular flexibility index (Phi) is 4.29. The van der Waals surface area contributed by atoms with E-state index >= 15 is 0 Å². The van der Waals surface area contributed by atoms with Gasteiger partial charge < -0.3 is 9.55 Å². The molecule has 10 heteroatoms. The average molecular weight is 402 g/mol. The Morgan fingerprint density at radius 2 is 1.76 bits per heavy atom. The summed E-state index contributed by atoms with van der Waals surface area (Å²) in [4.78, 5) is 27.4. The fourth-order valence-corrected chi connectivity index (χ4v) is 3.27. The second-order valence-corrected chi connectivity index (χ2v) is 6.83. The van der Waals surface area contributed by atoms with E-state index in [4.69, 9.17) is 0 Å². The van der Waals surface area contributed by atoms with Crippen molar-refractivity contribution in [2.45, 2.75) is 26.6 Å². The molecule has 29 heavy (non-hydrogen) atoms. The zero-order valence-corrected chi connectivity index (χ0v) is 15.9. The van der Waals surface area contributed by atoms with Gasteiger partial charge in [0.1, 0.15) is 17.2 Å². The quantitative estimate of drug-likeness (QED) is 0.571. The number of aromatic nitrogens is 6. The highest BCUT2D eigenvalue weighted by Gasteiger charge is 2.34. The minimum atomic E-state index is -4.50. The molecular formula is C19H17F3N6O. The zero-order chi connectivity index (χ0) is 20.9. The number of imidazole rings is 2. The Bertz CT molecular complexity index is 1260. The third-order valence-electron chi connectivity index (χ3n) is 4.64. The Hall–Kier alpha value is -3.43. The lowest BCUT2D eigenvalue weighted by atomic mass is 10.1. The van der Waals surface area contributed by atoms with Gasteiger partial charge in [-0.3, -0.25) is 4.57 Å². The topological polar surface area (TPSA) is 81.4 Å². The van der Waals surface area contributed by atoms with Crippen molar-refractivity contribution in [3.63, 3.8) is 0 Å². The van der Waals surface area contributed by atoms with Gasteiger partial charge in [-0.25, -0.2) is 19.7 Å². The van der Waals surface area contributed by atoms with Crippen molar-refractivity contribution >= 4 is 11.2 Å². The van der Waals surface area contributed by atoms with Gasteiger partial charge in [-0.15, -0.1) is 0 Å². The third-order valence-corrected chi connectivity index (χ3v) is 4.64. The lowest BCUT2D eigenvalue weighted by Crippen LogP contribution is -2.17. The van der Waals surface area contributed by atoms with Gasteiger partial charge in [0.15, 0.2) is 11.3 Å². The van der Waals surface area contributed by atoms with Gasteiger partial charge in [0.25, 0.3) is 0 Å². The molecule has 0 unspecified atom stereocenters. The van der Waals surface area contributed by atoms with Crippen LogP contribution in [-0.2, 0) is 19.8 Å². The van der Waals surface area contributed by atoms with Crippen LogP contribution in [0.15, 0.2) is 35.3 Å². The lowest BCUT2D eigenvalue weighted by molar-refractivity contribution is -0.140. The number of halogens is 3. The summed E-state index contributed by atoms with van der Waals surface area (Å²) < 4.78 is 41.5. The van der Waals surface area contributed by atoms with Gasteiger partial charge in [0.2, 0.25) is 0 Å². The fraction of sp³-hybridized carbons (Fsp3) is 0.263. The molecule has 7 nitrogen and oxygen atoms in total. The summed E-state index contributed by atoms with van der Waals surface area (Å²) in [6, 6.07) is 6.87. The molecule has 0 saturated heterocycles. The van der Waals surface area contributed by atoms with Crippen LogP contribution in [0.4, 0.5) is 13.2 Å². The van der Waals surface area contributed by atoms with E-state index in [0.29, 0.717) is 28.2 Å². The zero-order valence-electron chi connectivity index (χ0n) is 15.9. The van der Waals surface area contributed by atoms with E-state index < -0.39 is 11.9 Å². The molecule has 1 aromatic carbocycles. The Morgan fingerprint density at radius 1 is 1.07 bits per heavy atom. The van der Waals surface area contributed by atoms with Crippen LogP contribution in [0, 0.1) is 13.8 Å². The molecule has 0 spiro atoms. The maximum absolute atomic E-state index is 12.9. The number of nitrogens with one attached hydrogen (secondary N) is 1. The minimum Gasteiger partial charge on any atom is -0.333 e. The van der Waals surface area contributed by atoms with Crippen LogP contribution in [0.5, 0.6) is 0 Å². The fourth-order valence-electron chi connectivity index (χ4n) is 3.27. The molecule has 0 atom stereocenters. The van der Waals surface area contributed by atoms with Crippen molar-refractivity contribution in [2.24, 2.45) is 7.05 Å². The molecule has 0 aliphatic heterocycles. The molecule has 0 bridgehead atoms. The molecule has 4 rings (SSSR count). The number of nitrogens with zero attached hydrogens (tertiary/aromatic N) is 5. The number of alkyl halides is 3. The first-order valence-corrected chi connectivity index (χ1v) is 8.77. The van der Waals surface area contributed by atoms with Crippen LogP contribution < -0.4 is 5.69 Å². The van der Waals surface area contributed by atoms with Crippen LogP contribution in [-0.4, -0.2) is 29.1 Å². The van der Waals surface area contributed by atoms with Gasteiger partial charge in [-0.1, -0.05) is 24.3 Å². The normalized spacial score (nSPS) is 12.1. The molecule has 3 aromatic heterocycles. The van der Waals surface area contributed by atoms with E-state index in [1.165, 1.54) is 16.2 Å². The van der Waals surface area contributed by atoms with Crippen LogP contribution in [0.25, 0.3) is 22.6 Å². The van der Waals surface area contributed by atoms with Crippen LogP contribution in [0.2, 0.25) is 0 Å². The number of fused-ring (bicyclic) bond motifs is 1. The summed E-state index contributed by atoms with van der Waals surface area (Å²) in [7, 11) is 1.52. The molecule has 1 N–H and O–H groups in total. The highest BCUT2D eigenvalue weighted by molar-refractivity contribution is 5.73. The van der Waals surface area contributed by atoms with E-state index in [1.807, 2.05) is 0 Å². The van der Waals surface area contributed by atoms with Gasteiger partial charge >= 0.3 is 11.9 Å². The van der Waals surface area contributed by atoms with E-state index in [2.05, 4.69) is 19.9 Å². The van der Waals surface area contributed by atoms with Crippen molar-refractivity contribution in [3.05, 3.63) is 63.7 Å². The molecular weight excluding hydrogens is 385 g/mol. The molecule has 150 valence electrons. The predicted molar refractivity (Wildman–Crippen MR) is 100 cm³/mol. The lowest BCUT2D eigenvalue weighted by Gasteiger charge is -2.06. The number of hydrogen-bond acceptors (Lipinski definition) is 4. The average Bonchev–Trinajstić information content (AvgIpc) is 3.17. The van der Waals surface area contributed by atoms with Gasteiger partial charge in [0, 0.05) is 18.8 Å². The first-order valence-electron chi connectivity index (χ1n) is 8.77. The van der Waals surface area contributed by atoms with E-state index in [0.717, 1.165) is 11.8 Å². The minimum absolute atomic E-state index is 0.215. The second kappa shape index (κ2) is 6.57. The molecule has 4 aromatic rings. The molecule has 0 fully saturated rings. The molecule has 0 aliphatic rings. The highest BCUT2D eigenvalue weighted by Crippen LogP contribution is 2.30. The van der Waals surface area contributed by atoms with Crippen molar-refractivity contribution in [1.82, 2.24) is 29.1 Å². The summed E-state index contributed by atoms with van der Waals surface area (Å²) in [5.74, 6) is 0.778. The SMILES string of the molecule is Cc1nc(C)c2[nH]c(=O)n(Cc3ccc(-c4nc(C(F)(F)F)cn4C)cc3)c2n1. The number of hydrogen-bond donors (Lipinski definition) is 1. The van der Waals surface area contributed by atoms with Gasteiger partial charge in [-0.2, -0.15) is 13.2 Å². The molecule has 0 radical (unpaired) electrons. The van der Waals surface area contributed by atoms with Gasteiger partial charge in [-0.05, 0) is 19.4 Å². The van der Waals surface area contributed by atoms with E-state index in [-0.39, 0.29) is 18.1 Å². The van der Waals surface area contributed by atoms with Crippen molar-refractivity contribution in [3.8, 4) is 11.4 Å². The summed E-state index contributed by atoms with van der Waals surface area (Å²) in [5, 5.41) is 0. The Balaban J connectivity index is 1.67. The van der Waals surface area contributed by atoms with Crippen LogP contribution in [0.3, 0.4) is 0 Å². The Morgan fingerprint density at radius 3 is 2.38 bits per heavy atom. The second-order valence-electron chi connectivity index (χ2n) is 6.83. The summed E-state index contributed by atoms with van der Waals surface area (Å²) in [6.07, 6.45) is -3.54. The Labute approximate surface area is 162 Å². The van der Waals surface area contributed by atoms with Crippen LogP contribution >= 0.6 is 0 Å². The largest absolute Gasteiger partial charge is 0.434 e. The number of rotatable bonds is 3. The van der Waals surface area contributed by atoms with Crippen LogP contribution in [0.1, 0.15) is 22.8 Å². The van der Waals surface area contributed by atoms with Crippen molar-refractivity contribution in [1.29, 1.82) is 0 Å². The summed E-state index contributed by atoms with van der Waals surface area (Å²) >= 11 is 0. The maximum Gasteiger partial charge on any atom is 0.434 e. The van der Waals surface area contributed by atoms with E-state index in [9.17, 15) is 18.0 Å². The van der Waals surface area contributed by atoms with Crippen molar-refractivity contribution < 1.29 is 13.2 Å². The molecule has 3 heterocycles. The van der Waals surface area contributed by atoms with Crippen molar-refractivity contribution in [2.75, 3.05) is 0 Å². The molecule has 0 aliphatic carbocycles. The molecule has 0 saturated carbocycles. The summed E-state index contributed by atoms with van der Waals surface area (Å²) in [5.41, 5.74) is 1.91. The first kappa shape index (κ1) is 18.9. The smallest absolute Gasteiger partial charge is 0.333 e. The number of H-pyrrole nitrogens is 1. The number of benzene rings is 1. The standard InChI is InChI=1S/C19H17F3N6O/c1-10-15-17(24-11(2)23-10)28(18(29)26-15)8-12-4-6-13(7-5-12)16-25-14(9-27(16)3)19(20,21)22/h4-7,9H,8H2,1-3H3,(H,26,29). The monoisotopic (exact) mass is 402 g/mol. The predicted octanol–water partition coefficient (Wildman–Crippen LogP) is 3.20.